The lowest BCUT2D eigenvalue weighted by Crippen LogP contribution is -2.39. The number of ketones is 1. The lowest BCUT2D eigenvalue weighted by molar-refractivity contribution is 0.104. The number of fused-ring (bicyclic) bond motifs is 1. The van der Waals surface area contributed by atoms with Crippen molar-refractivity contribution in [2.24, 2.45) is 0 Å². The van der Waals surface area contributed by atoms with E-state index in [1.54, 1.807) is 30.3 Å². The summed E-state index contributed by atoms with van der Waals surface area (Å²) in [5.74, 6) is -0.525. The standard InChI is InChI=1S/C24H21ClN2O3S/c1-17-7-6-8-18(13-17)16-27-22-12-5-3-10-20(22)24(28)23(31(27,29)30)15-26-14-19-9-2-4-11-21(19)25/h2-13,15,26H,14,16H2,1H3. The summed E-state index contributed by atoms with van der Waals surface area (Å²) >= 11 is 6.17. The molecule has 0 aromatic heterocycles. The van der Waals surface area contributed by atoms with Crippen LogP contribution in [0.4, 0.5) is 5.69 Å². The highest BCUT2D eigenvalue weighted by Crippen LogP contribution is 2.36. The van der Waals surface area contributed by atoms with E-state index >= 15 is 0 Å². The first-order valence-electron chi connectivity index (χ1n) is 9.77. The fourth-order valence-corrected chi connectivity index (χ4v) is 5.32. The fourth-order valence-electron chi connectivity index (χ4n) is 3.56. The predicted molar refractivity (Wildman–Crippen MR) is 123 cm³/mol. The predicted octanol–water partition coefficient (Wildman–Crippen LogP) is 4.81. The second-order valence-corrected chi connectivity index (χ2v) is 9.57. The molecule has 3 aromatic carbocycles. The molecule has 1 aliphatic rings. The SMILES string of the molecule is Cc1cccc(CN2c3ccccc3C(=O)C(=CNCc3ccccc3Cl)S2(=O)=O)c1. The summed E-state index contributed by atoms with van der Waals surface area (Å²) in [6, 6.07) is 21.7. The summed E-state index contributed by atoms with van der Waals surface area (Å²) in [5, 5.41) is 3.52. The van der Waals surface area contributed by atoms with Crippen LogP contribution in [0, 0.1) is 6.92 Å². The van der Waals surface area contributed by atoms with Gasteiger partial charge in [0.1, 0.15) is 0 Å². The van der Waals surface area contributed by atoms with Crippen LogP contribution < -0.4 is 9.62 Å². The van der Waals surface area contributed by atoms with Crippen molar-refractivity contribution in [3.63, 3.8) is 0 Å². The van der Waals surface area contributed by atoms with Crippen LogP contribution in [0.1, 0.15) is 27.0 Å². The molecule has 31 heavy (non-hydrogen) atoms. The summed E-state index contributed by atoms with van der Waals surface area (Å²) in [6.45, 7) is 2.39. The molecule has 5 nitrogen and oxygen atoms in total. The van der Waals surface area contributed by atoms with Gasteiger partial charge in [0, 0.05) is 23.3 Å². The van der Waals surface area contributed by atoms with E-state index < -0.39 is 15.8 Å². The number of nitrogens with zero attached hydrogens (tertiary/aromatic N) is 1. The number of nitrogens with one attached hydrogen (secondary N) is 1. The van der Waals surface area contributed by atoms with E-state index in [1.807, 2.05) is 49.4 Å². The molecule has 3 aromatic rings. The Morgan fingerprint density at radius 2 is 1.74 bits per heavy atom. The Hall–Kier alpha value is -3.09. The molecule has 158 valence electrons. The van der Waals surface area contributed by atoms with Gasteiger partial charge in [0.2, 0.25) is 5.78 Å². The quantitative estimate of drug-likeness (QED) is 0.564. The van der Waals surface area contributed by atoms with Crippen molar-refractivity contribution >= 4 is 33.1 Å². The second-order valence-electron chi connectivity index (χ2n) is 7.33. The maximum Gasteiger partial charge on any atom is 0.270 e. The molecule has 1 aliphatic heterocycles. The number of Topliss-reactive ketones (excluding diaryl/α,β-unsaturated/α-hetero) is 1. The van der Waals surface area contributed by atoms with Crippen molar-refractivity contribution in [1.29, 1.82) is 0 Å². The Bertz CT molecular complexity index is 1290. The van der Waals surface area contributed by atoms with Crippen molar-refractivity contribution in [2.45, 2.75) is 20.0 Å². The average Bonchev–Trinajstić information content (AvgIpc) is 2.75. The second kappa shape index (κ2) is 8.57. The van der Waals surface area contributed by atoms with Gasteiger partial charge in [-0.25, -0.2) is 8.42 Å². The molecule has 0 atom stereocenters. The van der Waals surface area contributed by atoms with E-state index in [4.69, 9.17) is 11.6 Å². The molecule has 4 rings (SSSR count). The number of benzene rings is 3. The largest absolute Gasteiger partial charge is 0.386 e. The van der Waals surface area contributed by atoms with Gasteiger partial charge >= 0.3 is 0 Å². The fraction of sp³-hybridized carbons (Fsp3) is 0.125. The Labute approximate surface area is 187 Å². The van der Waals surface area contributed by atoms with Crippen molar-refractivity contribution < 1.29 is 13.2 Å². The molecule has 0 saturated heterocycles. The van der Waals surface area contributed by atoms with Gasteiger partial charge in [-0.3, -0.25) is 9.10 Å². The lowest BCUT2D eigenvalue weighted by atomic mass is 10.1. The van der Waals surface area contributed by atoms with Gasteiger partial charge in [-0.1, -0.05) is 71.8 Å². The van der Waals surface area contributed by atoms with Crippen LogP contribution in [0.25, 0.3) is 0 Å². The zero-order valence-corrected chi connectivity index (χ0v) is 18.5. The third-order valence-electron chi connectivity index (χ3n) is 5.10. The Morgan fingerprint density at radius 1 is 1.00 bits per heavy atom. The highest BCUT2D eigenvalue weighted by molar-refractivity contribution is 7.97. The molecule has 1 heterocycles. The van der Waals surface area contributed by atoms with Crippen molar-refractivity contribution in [3.05, 3.63) is 111 Å². The summed E-state index contributed by atoms with van der Waals surface area (Å²) in [5.41, 5.74) is 3.43. The number of para-hydroxylation sites is 1. The monoisotopic (exact) mass is 452 g/mol. The Kier molecular flexibility index (Phi) is 5.85. The zero-order chi connectivity index (χ0) is 22.0. The van der Waals surface area contributed by atoms with Gasteiger partial charge in [0.05, 0.1) is 12.2 Å². The zero-order valence-electron chi connectivity index (χ0n) is 16.9. The molecule has 0 unspecified atom stereocenters. The van der Waals surface area contributed by atoms with Gasteiger partial charge in [0.15, 0.2) is 4.91 Å². The molecular weight excluding hydrogens is 432 g/mol. The molecule has 0 bridgehead atoms. The van der Waals surface area contributed by atoms with E-state index in [2.05, 4.69) is 5.32 Å². The van der Waals surface area contributed by atoms with Crippen LogP contribution >= 0.6 is 11.6 Å². The van der Waals surface area contributed by atoms with Crippen LogP contribution in [0.3, 0.4) is 0 Å². The number of hydrogen-bond donors (Lipinski definition) is 1. The Morgan fingerprint density at radius 3 is 2.52 bits per heavy atom. The summed E-state index contributed by atoms with van der Waals surface area (Å²) in [7, 11) is -4.05. The van der Waals surface area contributed by atoms with E-state index in [-0.39, 0.29) is 11.4 Å². The van der Waals surface area contributed by atoms with Crippen LogP contribution in [0.15, 0.2) is 83.9 Å². The van der Waals surface area contributed by atoms with E-state index in [0.29, 0.717) is 22.8 Å². The van der Waals surface area contributed by atoms with Gasteiger partial charge in [-0.15, -0.1) is 0 Å². The number of aryl methyl sites for hydroxylation is 1. The minimum atomic E-state index is -4.05. The van der Waals surface area contributed by atoms with Crippen LogP contribution in [0.2, 0.25) is 5.02 Å². The van der Waals surface area contributed by atoms with Crippen LogP contribution in [-0.2, 0) is 23.1 Å². The summed E-state index contributed by atoms with van der Waals surface area (Å²) in [6.07, 6.45) is 1.28. The van der Waals surface area contributed by atoms with E-state index in [0.717, 1.165) is 16.7 Å². The minimum Gasteiger partial charge on any atom is -0.386 e. The highest BCUT2D eigenvalue weighted by Gasteiger charge is 2.39. The van der Waals surface area contributed by atoms with Gasteiger partial charge in [0.25, 0.3) is 10.0 Å². The molecule has 0 aliphatic carbocycles. The van der Waals surface area contributed by atoms with Crippen LogP contribution in [-0.4, -0.2) is 14.2 Å². The number of allylic oxidation sites excluding steroid dienone is 1. The number of halogens is 1. The van der Waals surface area contributed by atoms with E-state index in [9.17, 15) is 13.2 Å². The van der Waals surface area contributed by atoms with Gasteiger partial charge in [-0.2, -0.15) is 0 Å². The lowest BCUT2D eigenvalue weighted by Gasteiger charge is -2.31. The number of carbonyl (C=O) groups is 1. The van der Waals surface area contributed by atoms with Gasteiger partial charge < -0.3 is 5.32 Å². The third kappa shape index (κ3) is 4.22. The number of carbonyl (C=O) groups excluding carboxylic acids is 1. The molecule has 0 spiro atoms. The topological polar surface area (TPSA) is 66.5 Å². The number of hydrogen-bond acceptors (Lipinski definition) is 4. The first-order chi connectivity index (χ1) is 14.9. The van der Waals surface area contributed by atoms with Crippen molar-refractivity contribution in [2.75, 3.05) is 4.31 Å². The van der Waals surface area contributed by atoms with Gasteiger partial charge in [-0.05, 0) is 36.2 Å². The minimum absolute atomic E-state index is 0.135. The summed E-state index contributed by atoms with van der Waals surface area (Å²) < 4.78 is 28.2. The highest BCUT2D eigenvalue weighted by atomic mass is 35.5. The van der Waals surface area contributed by atoms with Crippen molar-refractivity contribution in [3.8, 4) is 0 Å². The molecule has 0 radical (unpaired) electrons. The number of anilines is 1. The average molecular weight is 453 g/mol. The van der Waals surface area contributed by atoms with E-state index in [1.165, 1.54) is 10.5 Å². The normalized spacial score (nSPS) is 16.3. The molecule has 0 saturated carbocycles. The molecule has 1 N–H and O–H groups in total. The smallest absolute Gasteiger partial charge is 0.270 e. The first kappa shape index (κ1) is 21.2. The third-order valence-corrected chi connectivity index (χ3v) is 7.24. The van der Waals surface area contributed by atoms with Crippen LogP contribution in [0.5, 0.6) is 0 Å². The molecule has 0 amide bonds. The molecule has 0 fully saturated rings. The Balaban J connectivity index is 1.71. The maximum absolute atomic E-state index is 13.5. The molecular formula is C24H21ClN2O3S. The maximum atomic E-state index is 13.5. The first-order valence-corrected chi connectivity index (χ1v) is 11.6. The molecule has 7 heteroatoms. The number of sulfonamides is 1. The number of rotatable bonds is 5. The van der Waals surface area contributed by atoms with Crippen molar-refractivity contribution in [1.82, 2.24) is 5.32 Å². The summed E-state index contributed by atoms with van der Waals surface area (Å²) in [4.78, 5) is 12.8.